The SMILES string of the molecule is C#CCNC(=O)CNC(=O)c1ccc(OC(C)C)cc1. The average molecular weight is 274 g/mol. The first kappa shape index (κ1) is 15.6. The van der Waals surface area contributed by atoms with Gasteiger partial charge in [0.15, 0.2) is 0 Å². The number of terminal acetylenes is 1. The van der Waals surface area contributed by atoms with E-state index < -0.39 is 0 Å². The average Bonchev–Trinajstić information content (AvgIpc) is 2.42. The van der Waals surface area contributed by atoms with Crippen LogP contribution in [0.5, 0.6) is 5.75 Å². The molecule has 0 unspecified atom stereocenters. The van der Waals surface area contributed by atoms with Gasteiger partial charge in [-0.25, -0.2) is 0 Å². The maximum absolute atomic E-state index is 11.8. The highest BCUT2D eigenvalue weighted by molar-refractivity contribution is 5.96. The first-order valence-corrected chi connectivity index (χ1v) is 6.28. The van der Waals surface area contributed by atoms with Gasteiger partial charge >= 0.3 is 0 Å². The van der Waals surface area contributed by atoms with Crippen molar-refractivity contribution < 1.29 is 14.3 Å². The molecule has 0 saturated heterocycles. The van der Waals surface area contributed by atoms with Crippen LogP contribution < -0.4 is 15.4 Å². The fourth-order valence-electron chi connectivity index (χ4n) is 1.43. The van der Waals surface area contributed by atoms with Gasteiger partial charge in [0.2, 0.25) is 5.91 Å². The first-order chi connectivity index (χ1) is 9.52. The number of nitrogens with one attached hydrogen (secondary N) is 2. The molecule has 0 aromatic heterocycles. The summed E-state index contributed by atoms with van der Waals surface area (Å²) < 4.78 is 5.48. The van der Waals surface area contributed by atoms with Gasteiger partial charge in [-0.1, -0.05) is 5.92 Å². The van der Waals surface area contributed by atoms with Gasteiger partial charge in [0.05, 0.1) is 19.2 Å². The predicted octanol–water partition coefficient (Wildman–Crippen LogP) is 0.953. The van der Waals surface area contributed by atoms with Gasteiger partial charge in [0.25, 0.3) is 5.91 Å². The van der Waals surface area contributed by atoms with Crippen LogP contribution in [0.3, 0.4) is 0 Å². The van der Waals surface area contributed by atoms with E-state index in [-0.39, 0.29) is 31.0 Å². The summed E-state index contributed by atoms with van der Waals surface area (Å²) in [5, 5.41) is 4.97. The van der Waals surface area contributed by atoms with Crippen LogP contribution in [0.1, 0.15) is 24.2 Å². The van der Waals surface area contributed by atoms with E-state index in [4.69, 9.17) is 11.2 Å². The predicted molar refractivity (Wildman–Crippen MR) is 76.4 cm³/mol. The highest BCUT2D eigenvalue weighted by atomic mass is 16.5. The summed E-state index contributed by atoms with van der Waals surface area (Å²) >= 11 is 0. The van der Waals surface area contributed by atoms with Crippen LogP contribution in [0.4, 0.5) is 0 Å². The van der Waals surface area contributed by atoms with Gasteiger partial charge in [-0.15, -0.1) is 6.42 Å². The maximum Gasteiger partial charge on any atom is 0.251 e. The zero-order valence-electron chi connectivity index (χ0n) is 11.6. The molecule has 1 aromatic rings. The third kappa shape index (κ3) is 5.44. The fourth-order valence-corrected chi connectivity index (χ4v) is 1.43. The number of benzene rings is 1. The smallest absolute Gasteiger partial charge is 0.251 e. The molecule has 0 aliphatic heterocycles. The van der Waals surface area contributed by atoms with Gasteiger partial charge in [-0.3, -0.25) is 9.59 Å². The number of hydrogen-bond donors (Lipinski definition) is 2. The van der Waals surface area contributed by atoms with Crippen LogP contribution >= 0.6 is 0 Å². The summed E-state index contributed by atoms with van der Waals surface area (Å²) in [7, 11) is 0. The molecule has 2 N–H and O–H groups in total. The van der Waals surface area contributed by atoms with E-state index in [1.54, 1.807) is 24.3 Å². The Kier molecular flexibility index (Phi) is 6.11. The Labute approximate surface area is 118 Å². The van der Waals surface area contributed by atoms with Crippen LogP contribution in [0, 0.1) is 12.3 Å². The minimum absolute atomic E-state index is 0.0783. The second-order valence-corrected chi connectivity index (χ2v) is 4.35. The number of ether oxygens (including phenoxy) is 1. The van der Waals surface area contributed by atoms with E-state index in [2.05, 4.69) is 16.6 Å². The van der Waals surface area contributed by atoms with Gasteiger partial charge in [-0.2, -0.15) is 0 Å². The lowest BCUT2D eigenvalue weighted by atomic mass is 10.2. The Bertz CT molecular complexity index is 501. The standard InChI is InChI=1S/C15H18N2O3/c1-4-9-16-14(18)10-17-15(19)12-5-7-13(8-6-12)20-11(2)3/h1,5-8,11H,9-10H2,2-3H3,(H,16,18)(H,17,19). The van der Waals surface area contributed by atoms with Crippen LogP contribution in [0.2, 0.25) is 0 Å². The molecule has 0 atom stereocenters. The number of rotatable bonds is 6. The molecule has 1 aromatic carbocycles. The zero-order valence-corrected chi connectivity index (χ0v) is 11.6. The van der Waals surface area contributed by atoms with Crippen molar-refractivity contribution in [1.29, 1.82) is 0 Å². The highest BCUT2D eigenvalue weighted by Gasteiger charge is 2.08. The molecule has 20 heavy (non-hydrogen) atoms. The summed E-state index contributed by atoms with van der Waals surface area (Å²) in [6.07, 6.45) is 5.09. The minimum atomic E-state index is -0.323. The molecule has 0 radical (unpaired) electrons. The molecular formula is C15H18N2O3. The van der Waals surface area contributed by atoms with E-state index in [1.165, 1.54) is 0 Å². The third-order valence-electron chi connectivity index (χ3n) is 2.29. The Morgan fingerprint density at radius 1 is 1.25 bits per heavy atom. The Hall–Kier alpha value is -2.48. The van der Waals surface area contributed by atoms with Gasteiger partial charge in [0.1, 0.15) is 5.75 Å². The van der Waals surface area contributed by atoms with Crippen molar-refractivity contribution in [2.45, 2.75) is 20.0 Å². The molecule has 0 spiro atoms. The maximum atomic E-state index is 11.8. The number of carbonyl (C=O) groups is 2. The first-order valence-electron chi connectivity index (χ1n) is 6.28. The lowest BCUT2D eigenvalue weighted by Gasteiger charge is -2.10. The number of amides is 2. The van der Waals surface area contributed by atoms with Crippen molar-refractivity contribution in [3.8, 4) is 18.1 Å². The van der Waals surface area contributed by atoms with Crippen molar-refractivity contribution in [3.05, 3.63) is 29.8 Å². The largest absolute Gasteiger partial charge is 0.491 e. The molecule has 5 heteroatoms. The van der Waals surface area contributed by atoms with Gasteiger partial charge in [0, 0.05) is 5.56 Å². The lowest BCUT2D eigenvalue weighted by Crippen LogP contribution is -2.37. The normalized spacial score (nSPS) is 9.70. The van der Waals surface area contributed by atoms with Crippen LogP contribution in [0.15, 0.2) is 24.3 Å². The Balaban J connectivity index is 2.47. The van der Waals surface area contributed by atoms with Crippen molar-refractivity contribution >= 4 is 11.8 Å². The molecule has 0 saturated carbocycles. The van der Waals surface area contributed by atoms with Gasteiger partial charge < -0.3 is 15.4 Å². The quantitative estimate of drug-likeness (QED) is 0.759. The number of carbonyl (C=O) groups excluding carboxylic acids is 2. The highest BCUT2D eigenvalue weighted by Crippen LogP contribution is 2.13. The van der Waals surface area contributed by atoms with Crippen LogP contribution in [-0.4, -0.2) is 31.0 Å². The summed E-state index contributed by atoms with van der Waals surface area (Å²) in [6.45, 7) is 3.89. The van der Waals surface area contributed by atoms with Crippen molar-refractivity contribution in [1.82, 2.24) is 10.6 Å². The number of hydrogen-bond acceptors (Lipinski definition) is 3. The van der Waals surface area contributed by atoms with Crippen molar-refractivity contribution in [3.63, 3.8) is 0 Å². The zero-order chi connectivity index (χ0) is 15.0. The fraction of sp³-hybridized carbons (Fsp3) is 0.333. The molecule has 0 fully saturated rings. The van der Waals surface area contributed by atoms with Gasteiger partial charge in [-0.05, 0) is 38.1 Å². The Morgan fingerprint density at radius 3 is 2.45 bits per heavy atom. The van der Waals surface area contributed by atoms with Crippen molar-refractivity contribution in [2.24, 2.45) is 0 Å². The molecule has 0 heterocycles. The van der Waals surface area contributed by atoms with Crippen molar-refractivity contribution in [2.75, 3.05) is 13.1 Å². The van der Waals surface area contributed by atoms with E-state index >= 15 is 0 Å². The minimum Gasteiger partial charge on any atom is -0.491 e. The second-order valence-electron chi connectivity index (χ2n) is 4.35. The van der Waals surface area contributed by atoms with E-state index in [9.17, 15) is 9.59 Å². The molecule has 0 aliphatic carbocycles. The van der Waals surface area contributed by atoms with E-state index in [0.29, 0.717) is 11.3 Å². The van der Waals surface area contributed by atoms with Crippen LogP contribution in [0.25, 0.3) is 0 Å². The second kappa shape index (κ2) is 7.85. The molecule has 5 nitrogen and oxygen atoms in total. The molecule has 1 rings (SSSR count). The monoisotopic (exact) mass is 274 g/mol. The summed E-state index contributed by atoms with van der Waals surface area (Å²) in [5.74, 6) is 2.33. The molecule has 0 aliphatic rings. The topological polar surface area (TPSA) is 67.4 Å². The lowest BCUT2D eigenvalue weighted by molar-refractivity contribution is -0.119. The van der Waals surface area contributed by atoms with E-state index in [0.717, 1.165) is 0 Å². The van der Waals surface area contributed by atoms with Crippen LogP contribution in [-0.2, 0) is 4.79 Å². The van der Waals surface area contributed by atoms with E-state index in [1.807, 2.05) is 13.8 Å². The molecule has 2 amide bonds. The molecule has 106 valence electrons. The summed E-state index contributed by atoms with van der Waals surface area (Å²) in [5.41, 5.74) is 0.464. The summed E-state index contributed by atoms with van der Waals surface area (Å²) in [4.78, 5) is 23.1. The molecular weight excluding hydrogens is 256 g/mol. The third-order valence-corrected chi connectivity index (χ3v) is 2.29. The molecule has 0 bridgehead atoms. The summed E-state index contributed by atoms with van der Waals surface area (Å²) in [6, 6.07) is 6.72. The Morgan fingerprint density at radius 2 is 1.90 bits per heavy atom.